The van der Waals surface area contributed by atoms with Crippen LogP contribution < -0.4 is 10.0 Å². The topological polar surface area (TPSA) is 58.2 Å². The second-order valence-corrected chi connectivity index (χ2v) is 8.83. The summed E-state index contributed by atoms with van der Waals surface area (Å²) < 4.78 is 27.4. The zero-order chi connectivity index (χ0) is 16.3. The molecule has 0 saturated heterocycles. The Morgan fingerprint density at radius 2 is 1.86 bits per heavy atom. The number of rotatable bonds is 6. The van der Waals surface area contributed by atoms with Crippen molar-refractivity contribution < 1.29 is 8.42 Å². The van der Waals surface area contributed by atoms with Crippen molar-refractivity contribution in [2.45, 2.75) is 52.1 Å². The monoisotopic (exact) mass is 332 g/mol. The highest BCUT2D eigenvalue weighted by Gasteiger charge is 2.21. The summed E-state index contributed by atoms with van der Waals surface area (Å²) in [4.78, 5) is 0.136. The van der Waals surface area contributed by atoms with Crippen molar-refractivity contribution in [2.24, 2.45) is 5.41 Å². The fourth-order valence-corrected chi connectivity index (χ4v) is 3.41. The molecule has 4 nitrogen and oxygen atoms in total. The maximum Gasteiger partial charge on any atom is 0.242 e. The van der Waals surface area contributed by atoms with Gasteiger partial charge in [0.25, 0.3) is 0 Å². The number of hydrogen-bond acceptors (Lipinski definition) is 3. The van der Waals surface area contributed by atoms with E-state index in [1.54, 1.807) is 12.1 Å². The Balaban J connectivity index is 2.97. The van der Waals surface area contributed by atoms with E-state index in [-0.39, 0.29) is 15.3 Å². The number of nitrogens with one attached hydrogen (secondary N) is 2. The van der Waals surface area contributed by atoms with Gasteiger partial charge in [0, 0.05) is 19.1 Å². The molecule has 1 aromatic carbocycles. The molecule has 21 heavy (non-hydrogen) atoms. The summed E-state index contributed by atoms with van der Waals surface area (Å²) in [5.74, 6) is 0. The van der Waals surface area contributed by atoms with Gasteiger partial charge in [0.2, 0.25) is 10.0 Å². The summed E-state index contributed by atoms with van der Waals surface area (Å²) >= 11 is 6.05. The van der Waals surface area contributed by atoms with Crippen LogP contribution in [0.4, 0.5) is 0 Å². The molecule has 0 aliphatic heterocycles. The lowest BCUT2D eigenvalue weighted by molar-refractivity contribution is 0.407. The zero-order valence-electron chi connectivity index (χ0n) is 13.3. The molecule has 0 heterocycles. The van der Waals surface area contributed by atoms with E-state index in [0.717, 1.165) is 5.56 Å². The van der Waals surface area contributed by atoms with Crippen LogP contribution in [0.5, 0.6) is 0 Å². The second kappa shape index (κ2) is 7.09. The predicted octanol–water partition coefficient (Wildman–Crippen LogP) is 3.16. The van der Waals surface area contributed by atoms with Gasteiger partial charge in [0.15, 0.2) is 0 Å². The van der Waals surface area contributed by atoms with Crippen LogP contribution >= 0.6 is 11.6 Å². The van der Waals surface area contributed by atoms with E-state index in [1.165, 1.54) is 0 Å². The van der Waals surface area contributed by atoms with Crippen molar-refractivity contribution >= 4 is 21.6 Å². The molecule has 0 aliphatic rings. The minimum Gasteiger partial charge on any atom is -0.310 e. The summed E-state index contributed by atoms with van der Waals surface area (Å²) in [7, 11) is -3.59. The molecule has 0 bridgehead atoms. The normalized spacial score (nSPS) is 12.9. The lowest BCUT2D eigenvalue weighted by Crippen LogP contribution is -2.32. The van der Waals surface area contributed by atoms with Gasteiger partial charge in [-0.25, -0.2) is 13.1 Å². The van der Waals surface area contributed by atoms with Crippen molar-refractivity contribution in [1.29, 1.82) is 0 Å². The number of hydrogen-bond donors (Lipinski definition) is 2. The molecule has 0 aliphatic carbocycles. The van der Waals surface area contributed by atoms with E-state index in [9.17, 15) is 8.42 Å². The smallest absolute Gasteiger partial charge is 0.242 e. The van der Waals surface area contributed by atoms with Crippen molar-refractivity contribution in [2.75, 3.05) is 6.54 Å². The first-order valence-corrected chi connectivity index (χ1v) is 8.89. The molecule has 2 N–H and O–H groups in total. The maximum absolute atomic E-state index is 12.4. The third-order valence-corrected chi connectivity index (χ3v) is 4.67. The molecule has 0 amide bonds. The quantitative estimate of drug-likeness (QED) is 0.841. The Morgan fingerprint density at radius 1 is 1.24 bits per heavy atom. The third-order valence-electron chi connectivity index (χ3n) is 2.79. The van der Waals surface area contributed by atoms with Gasteiger partial charge in [-0.2, -0.15) is 0 Å². The van der Waals surface area contributed by atoms with Gasteiger partial charge in [-0.05, 0) is 23.1 Å². The van der Waals surface area contributed by atoms with Crippen molar-refractivity contribution in [1.82, 2.24) is 10.0 Å². The summed E-state index contributed by atoms with van der Waals surface area (Å²) in [5, 5.41) is 3.50. The highest BCUT2D eigenvalue weighted by Crippen LogP contribution is 2.23. The van der Waals surface area contributed by atoms with E-state index in [4.69, 9.17) is 11.6 Å². The zero-order valence-corrected chi connectivity index (χ0v) is 14.9. The Bertz CT molecular complexity index is 578. The highest BCUT2D eigenvalue weighted by molar-refractivity contribution is 7.89. The summed E-state index contributed by atoms with van der Waals surface area (Å²) in [5.41, 5.74) is 0.764. The predicted molar refractivity (Wildman–Crippen MR) is 88.1 cm³/mol. The Labute approximate surface area is 133 Å². The Kier molecular flexibility index (Phi) is 6.23. The molecule has 120 valence electrons. The number of halogens is 1. The molecule has 1 rings (SSSR count). The lowest BCUT2D eigenvalue weighted by atomic mass is 9.98. The lowest BCUT2D eigenvalue weighted by Gasteiger charge is -2.19. The van der Waals surface area contributed by atoms with Gasteiger partial charge in [-0.3, -0.25) is 0 Å². The summed E-state index contributed by atoms with van der Waals surface area (Å²) in [6.07, 6.45) is 0. The molecule has 6 heteroatoms. The summed E-state index contributed by atoms with van der Waals surface area (Å²) in [6, 6.07) is 5.42. The van der Waals surface area contributed by atoms with Crippen LogP contribution in [0.1, 0.15) is 40.2 Å². The van der Waals surface area contributed by atoms with Crippen LogP contribution in [-0.4, -0.2) is 21.0 Å². The molecule has 1 aromatic rings. The van der Waals surface area contributed by atoms with Crippen LogP contribution in [0, 0.1) is 5.41 Å². The largest absolute Gasteiger partial charge is 0.310 e. The molecular formula is C15H25ClN2O2S. The summed E-state index contributed by atoms with van der Waals surface area (Å²) in [6.45, 7) is 11.0. The minimum absolute atomic E-state index is 0.129. The van der Waals surface area contributed by atoms with Gasteiger partial charge in [-0.15, -0.1) is 0 Å². The van der Waals surface area contributed by atoms with Crippen LogP contribution in [0.2, 0.25) is 5.02 Å². The molecule has 0 radical (unpaired) electrons. The number of benzene rings is 1. The van der Waals surface area contributed by atoms with E-state index in [2.05, 4.69) is 10.0 Å². The Morgan fingerprint density at radius 3 is 2.38 bits per heavy atom. The maximum atomic E-state index is 12.4. The van der Waals surface area contributed by atoms with E-state index >= 15 is 0 Å². The SMILES string of the molecule is CC(C)NCc1ccc(Cl)c(S(=O)(=O)NCC(C)(C)C)c1. The van der Waals surface area contributed by atoms with E-state index in [1.807, 2.05) is 40.7 Å². The molecular weight excluding hydrogens is 308 g/mol. The number of sulfonamides is 1. The van der Waals surface area contributed by atoms with Crippen LogP contribution in [-0.2, 0) is 16.6 Å². The molecule has 0 aromatic heterocycles. The standard InChI is InChI=1S/C15H25ClN2O2S/c1-11(2)17-9-12-6-7-13(16)14(8-12)21(19,20)18-10-15(3,4)5/h6-8,11,17-18H,9-10H2,1-5H3. The Hall–Kier alpha value is -0.620. The van der Waals surface area contributed by atoms with Gasteiger partial charge in [0.05, 0.1) is 5.02 Å². The van der Waals surface area contributed by atoms with Crippen LogP contribution in [0.25, 0.3) is 0 Å². The van der Waals surface area contributed by atoms with Crippen LogP contribution in [0.3, 0.4) is 0 Å². The first-order valence-electron chi connectivity index (χ1n) is 7.03. The highest BCUT2D eigenvalue weighted by atomic mass is 35.5. The fraction of sp³-hybridized carbons (Fsp3) is 0.600. The van der Waals surface area contributed by atoms with Gasteiger partial charge in [-0.1, -0.05) is 52.3 Å². The first kappa shape index (κ1) is 18.4. The molecule has 0 fully saturated rings. The minimum atomic E-state index is -3.59. The van der Waals surface area contributed by atoms with Crippen molar-refractivity contribution in [3.63, 3.8) is 0 Å². The van der Waals surface area contributed by atoms with Gasteiger partial charge in [0.1, 0.15) is 4.90 Å². The first-order chi connectivity index (χ1) is 9.51. The van der Waals surface area contributed by atoms with Crippen molar-refractivity contribution in [3.8, 4) is 0 Å². The molecule has 0 saturated carbocycles. The second-order valence-electron chi connectivity index (χ2n) is 6.69. The molecule has 0 atom stereocenters. The van der Waals surface area contributed by atoms with E-state index < -0.39 is 10.0 Å². The third kappa shape index (κ3) is 6.34. The average molecular weight is 333 g/mol. The van der Waals surface area contributed by atoms with Gasteiger partial charge < -0.3 is 5.32 Å². The average Bonchev–Trinajstić information content (AvgIpc) is 2.34. The van der Waals surface area contributed by atoms with E-state index in [0.29, 0.717) is 19.1 Å². The van der Waals surface area contributed by atoms with Crippen molar-refractivity contribution in [3.05, 3.63) is 28.8 Å². The molecule has 0 unspecified atom stereocenters. The fourth-order valence-electron chi connectivity index (χ4n) is 1.57. The van der Waals surface area contributed by atoms with Gasteiger partial charge >= 0.3 is 0 Å². The van der Waals surface area contributed by atoms with Crippen LogP contribution in [0.15, 0.2) is 23.1 Å². The molecule has 0 spiro atoms.